The zero-order chi connectivity index (χ0) is 18.6. The fourth-order valence-electron chi connectivity index (χ4n) is 3.27. The molecule has 3 rings (SSSR count). The summed E-state index contributed by atoms with van der Waals surface area (Å²) in [7, 11) is 0. The van der Waals surface area contributed by atoms with Crippen molar-refractivity contribution in [3.63, 3.8) is 0 Å². The lowest BCUT2D eigenvalue weighted by Crippen LogP contribution is -2.40. The van der Waals surface area contributed by atoms with Crippen molar-refractivity contribution < 1.29 is 19.4 Å². The van der Waals surface area contributed by atoms with E-state index in [4.69, 9.17) is 4.74 Å². The maximum Gasteiger partial charge on any atom is 0.308 e. The van der Waals surface area contributed by atoms with Crippen LogP contribution in [-0.2, 0) is 20.7 Å². The van der Waals surface area contributed by atoms with Crippen LogP contribution < -0.4 is 5.32 Å². The number of carbonyl (C=O) groups excluding carboxylic acids is 1. The molecule has 138 valence electrons. The first kappa shape index (κ1) is 18.4. The first-order valence-electron chi connectivity index (χ1n) is 9.11. The highest BCUT2D eigenvalue weighted by atomic mass is 16.5. The number of carboxylic acids is 1. The van der Waals surface area contributed by atoms with Crippen molar-refractivity contribution in [2.75, 3.05) is 19.8 Å². The van der Waals surface area contributed by atoms with E-state index in [0.29, 0.717) is 19.6 Å². The fourth-order valence-corrected chi connectivity index (χ4v) is 3.27. The van der Waals surface area contributed by atoms with E-state index in [1.165, 1.54) is 0 Å². The van der Waals surface area contributed by atoms with Crippen LogP contribution >= 0.6 is 0 Å². The van der Waals surface area contributed by atoms with Crippen molar-refractivity contribution in [2.45, 2.75) is 26.2 Å². The summed E-state index contributed by atoms with van der Waals surface area (Å²) in [6.07, 6.45) is 2.00. The van der Waals surface area contributed by atoms with Gasteiger partial charge in [-0.05, 0) is 42.5 Å². The van der Waals surface area contributed by atoms with Crippen LogP contribution in [0, 0.1) is 11.3 Å². The molecule has 0 heterocycles. The number of nitrogens with one attached hydrogen (secondary N) is 1. The molecule has 1 aliphatic rings. The van der Waals surface area contributed by atoms with Gasteiger partial charge in [-0.3, -0.25) is 9.59 Å². The monoisotopic (exact) mass is 355 g/mol. The van der Waals surface area contributed by atoms with Crippen molar-refractivity contribution in [2.24, 2.45) is 11.3 Å². The van der Waals surface area contributed by atoms with E-state index in [9.17, 15) is 14.7 Å². The molecule has 0 bridgehead atoms. The molecule has 5 heteroatoms. The van der Waals surface area contributed by atoms with Gasteiger partial charge in [0, 0.05) is 13.2 Å². The van der Waals surface area contributed by atoms with Crippen molar-refractivity contribution in [3.8, 4) is 0 Å². The molecule has 1 aliphatic carbocycles. The smallest absolute Gasteiger partial charge is 0.308 e. The number of hydrogen-bond donors (Lipinski definition) is 2. The van der Waals surface area contributed by atoms with Crippen LogP contribution in [0.25, 0.3) is 10.8 Å². The number of aliphatic carboxylic acids is 1. The van der Waals surface area contributed by atoms with Gasteiger partial charge in [0.1, 0.15) is 0 Å². The lowest BCUT2D eigenvalue weighted by atomic mass is 9.94. The molecule has 2 aromatic carbocycles. The molecule has 26 heavy (non-hydrogen) atoms. The minimum absolute atomic E-state index is 0.0879. The molecule has 0 spiro atoms. The molecule has 1 amide bonds. The third-order valence-corrected chi connectivity index (χ3v) is 5.12. The molecule has 0 aliphatic heterocycles. The van der Waals surface area contributed by atoms with Gasteiger partial charge < -0.3 is 15.2 Å². The van der Waals surface area contributed by atoms with Crippen LogP contribution in [-0.4, -0.2) is 36.7 Å². The minimum Gasteiger partial charge on any atom is -0.481 e. The highest BCUT2D eigenvalue weighted by Gasteiger charge is 2.50. The van der Waals surface area contributed by atoms with E-state index in [1.807, 2.05) is 49.4 Å². The van der Waals surface area contributed by atoms with Crippen LogP contribution in [0.3, 0.4) is 0 Å². The molecule has 1 unspecified atom stereocenters. The standard InChI is InChI=1S/C21H25NO4/c1-2-26-14-21(10-11-21)20(25)22-13-17(19(23)24)12-16-8-5-7-15-6-3-4-9-18(15)16/h3-9,17H,2,10-14H2,1H3,(H,22,25)(H,23,24). The SMILES string of the molecule is CCOCC1(C(=O)NCC(Cc2cccc3ccccc23)C(=O)O)CC1. The van der Waals surface area contributed by atoms with Crippen LogP contribution in [0.4, 0.5) is 0 Å². The van der Waals surface area contributed by atoms with Gasteiger partial charge in [0.25, 0.3) is 0 Å². The number of fused-ring (bicyclic) bond motifs is 1. The normalized spacial score (nSPS) is 16.2. The summed E-state index contributed by atoms with van der Waals surface area (Å²) < 4.78 is 5.40. The number of benzene rings is 2. The van der Waals surface area contributed by atoms with Crippen LogP contribution in [0.15, 0.2) is 42.5 Å². The van der Waals surface area contributed by atoms with E-state index in [1.54, 1.807) is 0 Å². The van der Waals surface area contributed by atoms with E-state index in [2.05, 4.69) is 5.32 Å². The summed E-state index contributed by atoms with van der Waals surface area (Å²) in [5, 5.41) is 14.6. The fraction of sp³-hybridized carbons (Fsp3) is 0.429. The molecule has 0 radical (unpaired) electrons. The second kappa shape index (κ2) is 7.87. The number of carbonyl (C=O) groups is 2. The zero-order valence-electron chi connectivity index (χ0n) is 15.0. The number of amides is 1. The lowest BCUT2D eigenvalue weighted by Gasteiger charge is -2.18. The molecular formula is C21H25NO4. The highest BCUT2D eigenvalue weighted by molar-refractivity contribution is 5.87. The Kier molecular flexibility index (Phi) is 5.57. The van der Waals surface area contributed by atoms with Gasteiger partial charge in [-0.25, -0.2) is 0 Å². The summed E-state index contributed by atoms with van der Waals surface area (Å²) in [6.45, 7) is 3.02. The molecule has 2 aromatic rings. The van der Waals surface area contributed by atoms with Crippen molar-refractivity contribution in [1.29, 1.82) is 0 Å². The second-order valence-electron chi connectivity index (χ2n) is 7.01. The van der Waals surface area contributed by atoms with Crippen LogP contribution in [0.1, 0.15) is 25.3 Å². The molecule has 1 atom stereocenters. The van der Waals surface area contributed by atoms with E-state index >= 15 is 0 Å². The van der Waals surface area contributed by atoms with E-state index in [0.717, 1.165) is 29.2 Å². The van der Waals surface area contributed by atoms with Gasteiger partial charge in [-0.1, -0.05) is 42.5 Å². The molecular weight excluding hydrogens is 330 g/mol. The Hall–Kier alpha value is -2.40. The number of ether oxygens (including phenoxy) is 1. The van der Waals surface area contributed by atoms with Crippen molar-refractivity contribution >= 4 is 22.6 Å². The Labute approximate surface area is 153 Å². The first-order chi connectivity index (χ1) is 12.6. The van der Waals surface area contributed by atoms with Gasteiger partial charge in [-0.2, -0.15) is 0 Å². The Morgan fingerprint density at radius 2 is 1.92 bits per heavy atom. The molecule has 5 nitrogen and oxygen atoms in total. The van der Waals surface area contributed by atoms with Crippen LogP contribution in [0.5, 0.6) is 0 Å². The summed E-state index contributed by atoms with van der Waals surface area (Å²) in [5.41, 5.74) is 0.540. The number of rotatable bonds is 9. The second-order valence-corrected chi connectivity index (χ2v) is 7.01. The van der Waals surface area contributed by atoms with Crippen LogP contribution in [0.2, 0.25) is 0 Å². The Morgan fingerprint density at radius 3 is 2.62 bits per heavy atom. The van der Waals surface area contributed by atoms with Crippen molar-refractivity contribution in [1.82, 2.24) is 5.32 Å². The molecule has 1 saturated carbocycles. The Bertz CT molecular complexity index is 792. The topological polar surface area (TPSA) is 75.6 Å². The number of hydrogen-bond acceptors (Lipinski definition) is 3. The van der Waals surface area contributed by atoms with E-state index in [-0.39, 0.29) is 12.5 Å². The largest absolute Gasteiger partial charge is 0.481 e. The van der Waals surface area contributed by atoms with Crippen molar-refractivity contribution in [3.05, 3.63) is 48.0 Å². The maximum atomic E-state index is 12.4. The van der Waals surface area contributed by atoms with E-state index < -0.39 is 17.3 Å². The average molecular weight is 355 g/mol. The summed E-state index contributed by atoms with van der Waals surface area (Å²) in [6, 6.07) is 13.8. The average Bonchev–Trinajstić information content (AvgIpc) is 3.44. The van der Waals surface area contributed by atoms with Gasteiger partial charge in [0.2, 0.25) is 5.91 Å². The molecule has 2 N–H and O–H groups in total. The lowest BCUT2D eigenvalue weighted by molar-refractivity contribution is -0.141. The molecule has 1 fully saturated rings. The van der Waals surface area contributed by atoms with Gasteiger partial charge in [0.05, 0.1) is 17.9 Å². The molecule has 0 saturated heterocycles. The third kappa shape index (κ3) is 4.05. The zero-order valence-corrected chi connectivity index (χ0v) is 15.0. The molecule has 0 aromatic heterocycles. The maximum absolute atomic E-state index is 12.4. The van der Waals surface area contributed by atoms with Gasteiger partial charge >= 0.3 is 5.97 Å². The van der Waals surface area contributed by atoms with Gasteiger partial charge in [0.15, 0.2) is 0 Å². The summed E-state index contributed by atoms with van der Waals surface area (Å²) >= 11 is 0. The first-order valence-corrected chi connectivity index (χ1v) is 9.11. The highest BCUT2D eigenvalue weighted by Crippen LogP contribution is 2.46. The summed E-state index contributed by atoms with van der Waals surface area (Å²) in [5.74, 6) is -1.64. The predicted octanol–water partition coefficient (Wildman–Crippen LogP) is 3.02. The third-order valence-electron chi connectivity index (χ3n) is 5.12. The number of carboxylic acid groups (broad SMARTS) is 1. The Balaban J connectivity index is 1.66. The summed E-state index contributed by atoms with van der Waals surface area (Å²) in [4.78, 5) is 24.2. The van der Waals surface area contributed by atoms with Gasteiger partial charge in [-0.15, -0.1) is 0 Å². The minimum atomic E-state index is -0.895. The Morgan fingerprint density at radius 1 is 1.19 bits per heavy atom. The quantitative estimate of drug-likeness (QED) is 0.725. The predicted molar refractivity (Wildman–Crippen MR) is 99.9 cm³/mol.